The van der Waals surface area contributed by atoms with Crippen molar-refractivity contribution < 1.29 is 9.53 Å². The molecule has 2 atom stereocenters. The maximum absolute atomic E-state index is 12.8. The third-order valence-corrected chi connectivity index (χ3v) is 5.18. The Morgan fingerprint density at radius 2 is 1.92 bits per heavy atom. The fourth-order valence-electron chi connectivity index (χ4n) is 3.88. The number of aryl methyl sites for hydroxylation is 1. The average molecular weight is 331 g/mol. The summed E-state index contributed by atoms with van der Waals surface area (Å²) < 4.78 is 5.74. The van der Waals surface area contributed by atoms with Crippen LogP contribution in [0.1, 0.15) is 37.9 Å². The number of piperidine rings is 1. The smallest absolute Gasteiger partial charge is 0.225 e. The van der Waals surface area contributed by atoms with Crippen LogP contribution in [-0.4, -0.2) is 59.1 Å². The van der Waals surface area contributed by atoms with Crippen LogP contribution in [0.25, 0.3) is 0 Å². The minimum atomic E-state index is 0.145. The topological polar surface area (TPSA) is 45.7 Å². The number of pyridine rings is 1. The Balaban J connectivity index is 1.51. The minimum Gasteiger partial charge on any atom is -0.372 e. The first-order chi connectivity index (χ1) is 11.5. The molecule has 2 saturated heterocycles. The third kappa shape index (κ3) is 4.14. The lowest BCUT2D eigenvalue weighted by molar-refractivity contribution is -0.148. The van der Waals surface area contributed by atoms with Gasteiger partial charge in [-0.15, -0.1) is 0 Å². The number of likely N-dealkylation sites (tertiary alicyclic amines) is 1. The second kappa shape index (κ2) is 7.62. The number of morpholine rings is 1. The molecule has 1 aromatic rings. The number of hydrogen-bond donors (Lipinski definition) is 0. The highest BCUT2D eigenvalue weighted by Gasteiger charge is 2.32. The van der Waals surface area contributed by atoms with Gasteiger partial charge in [0.1, 0.15) is 0 Å². The summed E-state index contributed by atoms with van der Waals surface area (Å²) in [5.74, 6) is 0.503. The van der Waals surface area contributed by atoms with E-state index in [-0.39, 0.29) is 18.1 Å². The highest BCUT2D eigenvalue weighted by Crippen LogP contribution is 2.23. The molecule has 1 amide bonds. The summed E-state index contributed by atoms with van der Waals surface area (Å²) in [6.45, 7) is 10.5. The molecule has 0 unspecified atom stereocenters. The van der Waals surface area contributed by atoms with E-state index in [2.05, 4.69) is 36.7 Å². The highest BCUT2D eigenvalue weighted by molar-refractivity contribution is 5.79. The molecular weight excluding hydrogens is 302 g/mol. The summed E-state index contributed by atoms with van der Waals surface area (Å²) in [5.41, 5.74) is 2.39. The molecule has 2 aliphatic rings. The zero-order chi connectivity index (χ0) is 17.1. The zero-order valence-electron chi connectivity index (χ0n) is 15.1. The van der Waals surface area contributed by atoms with Crippen molar-refractivity contribution in [2.45, 2.75) is 52.4 Å². The van der Waals surface area contributed by atoms with Gasteiger partial charge in [-0.1, -0.05) is 6.07 Å². The number of ether oxygens (including phenoxy) is 1. The van der Waals surface area contributed by atoms with Gasteiger partial charge in [0.05, 0.1) is 12.2 Å². The molecule has 0 N–H and O–H groups in total. The van der Waals surface area contributed by atoms with E-state index in [1.807, 2.05) is 17.2 Å². The van der Waals surface area contributed by atoms with E-state index in [1.165, 1.54) is 5.56 Å². The molecule has 132 valence electrons. The molecule has 5 nitrogen and oxygen atoms in total. The van der Waals surface area contributed by atoms with Gasteiger partial charge < -0.3 is 9.64 Å². The van der Waals surface area contributed by atoms with Crippen LogP contribution in [0, 0.1) is 12.8 Å². The molecule has 2 fully saturated rings. The largest absolute Gasteiger partial charge is 0.372 e. The quantitative estimate of drug-likeness (QED) is 0.852. The summed E-state index contributed by atoms with van der Waals surface area (Å²) >= 11 is 0. The predicted octanol–water partition coefficient (Wildman–Crippen LogP) is 2.24. The SMILES string of the molecule is Cc1ncccc1CN1CCC(C(=O)N2C[C@H](C)O[C@@H](C)C2)CC1. The van der Waals surface area contributed by atoms with Gasteiger partial charge in [0.25, 0.3) is 0 Å². The van der Waals surface area contributed by atoms with Gasteiger partial charge in [0, 0.05) is 37.4 Å². The van der Waals surface area contributed by atoms with Crippen LogP contribution in [-0.2, 0) is 16.1 Å². The van der Waals surface area contributed by atoms with Crippen molar-refractivity contribution in [3.63, 3.8) is 0 Å². The van der Waals surface area contributed by atoms with Gasteiger partial charge >= 0.3 is 0 Å². The average Bonchev–Trinajstić information content (AvgIpc) is 2.56. The highest BCUT2D eigenvalue weighted by atomic mass is 16.5. The minimum absolute atomic E-state index is 0.145. The van der Waals surface area contributed by atoms with Crippen LogP contribution in [0.15, 0.2) is 18.3 Å². The van der Waals surface area contributed by atoms with Crippen LogP contribution in [0.2, 0.25) is 0 Å². The number of carbonyl (C=O) groups excluding carboxylic acids is 1. The molecule has 24 heavy (non-hydrogen) atoms. The van der Waals surface area contributed by atoms with Gasteiger partial charge in [-0.2, -0.15) is 0 Å². The van der Waals surface area contributed by atoms with Gasteiger partial charge in [0.15, 0.2) is 0 Å². The van der Waals surface area contributed by atoms with Gasteiger partial charge in [0.2, 0.25) is 5.91 Å². The van der Waals surface area contributed by atoms with Gasteiger partial charge in [-0.25, -0.2) is 0 Å². The van der Waals surface area contributed by atoms with E-state index in [0.717, 1.165) is 51.3 Å². The molecule has 3 heterocycles. The first-order valence-electron chi connectivity index (χ1n) is 9.10. The van der Waals surface area contributed by atoms with Crippen molar-refractivity contribution in [1.29, 1.82) is 0 Å². The Bertz CT molecular complexity index is 559. The molecule has 5 heteroatoms. The van der Waals surface area contributed by atoms with Gasteiger partial charge in [-0.05, 0) is 58.3 Å². The van der Waals surface area contributed by atoms with Crippen LogP contribution in [0.4, 0.5) is 0 Å². The monoisotopic (exact) mass is 331 g/mol. The van der Waals surface area contributed by atoms with Crippen molar-refractivity contribution in [2.75, 3.05) is 26.2 Å². The summed E-state index contributed by atoms with van der Waals surface area (Å²) in [4.78, 5) is 21.6. The van der Waals surface area contributed by atoms with Crippen molar-refractivity contribution in [3.8, 4) is 0 Å². The second-order valence-electron chi connectivity index (χ2n) is 7.30. The molecule has 1 aromatic heterocycles. The second-order valence-corrected chi connectivity index (χ2v) is 7.30. The zero-order valence-corrected chi connectivity index (χ0v) is 15.1. The molecule has 0 aromatic carbocycles. The Kier molecular flexibility index (Phi) is 5.51. The molecular formula is C19H29N3O2. The molecule has 0 bridgehead atoms. The number of amides is 1. The van der Waals surface area contributed by atoms with E-state index >= 15 is 0 Å². The summed E-state index contributed by atoms with van der Waals surface area (Å²) in [6.07, 6.45) is 4.04. The van der Waals surface area contributed by atoms with E-state index in [1.54, 1.807) is 0 Å². The Hall–Kier alpha value is -1.46. The fraction of sp³-hybridized carbons (Fsp3) is 0.684. The Morgan fingerprint density at radius 1 is 1.25 bits per heavy atom. The molecule has 0 saturated carbocycles. The molecule has 2 aliphatic heterocycles. The van der Waals surface area contributed by atoms with Crippen molar-refractivity contribution >= 4 is 5.91 Å². The maximum Gasteiger partial charge on any atom is 0.225 e. The number of carbonyl (C=O) groups is 1. The van der Waals surface area contributed by atoms with E-state index in [0.29, 0.717) is 5.91 Å². The van der Waals surface area contributed by atoms with Crippen LogP contribution in [0.5, 0.6) is 0 Å². The van der Waals surface area contributed by atoms with E-state index < -0.39 is 0 Å². The number of hydrogen-bond acceptors (Lipinski definition) is 4. The van der Waals surface area contributed by atoms with E-state index in [9.17, 15) is 4.79 Å². The first kappa shape index (κ1) is 17.4. The summed E-state index contributed by atoms with van der Waals surface area (Å²) in [7, 11) is 0. The third-order valence-electron chi connectivity index (χ3n) is 5.18. The normalized spacial score (nSPS) is 26.5. The lowest BCUT2D eigenvalue weighted by Gasteiger charge is -2.39. The molecule has 0 aliphatic carbocycles. The molecule has 0 spiro atoms. The predicted molar refractivity (Wildman–Crippen MR) is 93.6 cm³/mol. The lowest BCUT2D eigenvalue weighted by atomic mass is 9.94. The van der Waals surface area contributed by atoms with Crippen molar-refractivity contribution in [3.05, 3.63) is 29.6 Å². The summed E-state index contributed by atoms with van der Waals surface area (Å²) in [6, 6.07) is 4.15. The van der Waals surface area contributed by atoms with Crippen molar-refractivity contribution in [2.24, 2.45) is 5.92 Å². The Morgan fingerprint density at radius 3 is 2.54 bits per heavy atom. The van der Waals surface area contributed by atoms with Crippen LogP contribution >= 0.6 is 0 Å². The van der Waals surface area contributed by atoms with Crippen LogP contribution < -0.4 is 0 Å². The molecule has 0 radical (unpaired) electrons. The van der Waals surface area contributed by atoms with E-state index in [4.69, 9.17) is 4.74 Å². The number of nitrogens with zero attached hydrogens (tertiary/aromatic N) is 3. The Labute approximate surface area is 145 Å². The standard InChI is InChI=1S/C19H29N3O2/c1-14-11-22(12-15(2)24-14)19(23)17-6-9-21(10-7-17)13-18-5-4-8-20-16(18)3/h4-5,8,14-15,17H,6-7,9-13H2,1-3H3/t14-,15-/m0/s1. The van der Waals surface area contributed by atoms with Crippen molar-refractivity contribution in [1.82, 2.24) is 14.8 Å². The summed E-state index contributed by atoms with van der Waals surface area (Å²) in [5, 5.41) is 0. The first-order valence-corrected chi connectivity index (χ1v) is 9.10. The lowest BCUT2D eigenvalue weighted by Crippen LogP contribution is -2.51. The van der Waals surface area contributed by atoms with Gasteiger partial charge in [-0.3, -0.25) is 14.7 Å². The number of rotatable bonds is 3. The number of aromatic nitrogens is 1. The fourth-order valence-corrected chi connectivity index (χ4v) is 3.88. The maximum atomic E-state index is 12.8. The molecule has 3 rings (SSSR count). The van der Waals surface area contributed by atoms with Crippen LogP contribution in [0.3, 0.4) is 0 Å².